The third-order valence-electron chi connectivity index (χ3n) is 2.26. The zero-order valence-corrected chi connectivity index (χ0v) is 6.28. The van der Waals surface area contributed by atoms with Gasteiger partial charge in [0.2, 0.25) is 0 Å². The van der Waals surface area contributed by atoms with E-state index in [0.717, 1.165) is 5.92 Å². The molecule has 54 valence electrons. The molecule has 9 heavy (non-hydrogen) atoms. The second-order valence-corrected chi connectivity index (χ2v) is 2.83. The molecule has 1 fully saturated rings. The van der Waals surface area contributed by atoms with Crippen LogP contribution in [0.15, 0.2) is 0 Å². The first-order chi connectivity index (χ1) is 4.34. The molecule has 2 heteroatoms. The summed E-state index contributed by atoms with van der Waals surface area (Å²) >= 11 is 0. The fourth-order valence-electron chi connectivity index (χ4n) is 1.34. The Morgan fingerprint density at radius 3 is 2.89 bits per heavy atom. The number of hydrogen-bond acceptors (Lipinski definition) is 2. The Morgan fingerprint density at radius 2 is 2.44 bits per heavy atom. The maximum atomic E-state index is 3.35. The van der Waals surface area contributed by atoms with E-state index in [1.54, 1.807) is 0 Å². The van der Waals surface area contributed by atoms with Crippen LogP contribution in [0, 0.1) is 5.92 Å². The molecule has 0 bridgehead atoms. The molecule has 0 amide bonds. The van der Waals surface area contributed by atoms with Gasteiger partial charge in [0.25, 0.3) is 0 Å². The molecule has 0 aromatic heterocycles. The average molecular weight is 128 g/mol. The highest BCUT2D eigenvalue weighted by Crippen LogP contribution is 2.11. The lowest BCUT2D eigenvalue weighted by molar-refractivity contribution is 0.425. The van der Waals surface area contributed by atoms with E-state index >= 15 is 0 Å². The maximum Gasteiger partial charge on any atom is 0.00765 e. The van der Waals surface area contributed by atoms with Crippen molar-refractivity contribution in [2.45, 2.75) is 19.4 Å². The van der Waals surface area contributed by atoms with Gasteiger partial charge in [-0.15, -0.1) is 0 Å². The van der Waals surface area contributed by atoms with Crippen molar-refractivity contribution in [2.24, 2.45) is 5.92 Å². The van der Waals surface area contributed by atoms with Gasteiger partial charge in [-0.2, -0.15) is 0 Å². The maximum absolute atomic E-state index is 3.35. The van der Waals surface area contributed by atoms with Gasteiger partial charge in [-0.05, 0) is 39.4 Å². The molecule has 0 radical (unpaired) electrons. The van der Waals surface area contributed by atoms with Crippen LogP contribution in [0.5, 0.6) is 0 Å². The van der Waals surface area contributed by atoms with Crippen LogP contribution < -0.4 is 10.6 Å². The Kier molecular flexibility index (Phi) is 2.49. The van der Waals surface area contributed by atoms with E-state index in [4.69, 9.17) is 0 Å². The first-order valence-corrected chi connectivity index (χ1v) is 3.72. The molecule has 2 atom stereocenters. The van der Waals surface area contributed by atoms with Crippen molar-refractivity contribution in [1.82, 2.24) is 10.6 Å². The molecule has 1 saturated heterocycles. The van der Waals surface area contributed by atoms with Gasteiger partial charge in [0.15, 0.2) is 0 Å². The van der Waals surface area contributed by atoms with Gasteiger partial charge >= 0.3 is 0 Å². The molecule has 1 rings (SSSR count). The smallest absolute Gasteiger partial charge is 0.00765 e. The molecule has 0 aromatic rings. The van der Waals surface area contributed by atoms with Gasteiger partial charge in [-0.1, -0.05) is 0 Å². The van der Waals surface area contributed by atoms with E-state index in [1.807, 2.05) is 7.05 Å². The molecular weight excluding hydrogens is 112 g/mol. The predicted octanol–water partition coefficient (Wildman–Crippen LogP) is 0.204. The van der Waals surface area contributed by atoms with Gasteiger partial charge in [0.1, 0.15) is 0 Å². The third-order valence-corrected chi connectivity index (χ3v) is 2.26. The zero-order valence-electron chi connectivity index (χ0n) is 6.28. The van der Waals surface area contributed by atoms with Gasteiger partial charge in [-0.3, -0.25) is 0 Å². The number of hydrogen-bond donors (Lipinski definition) is 2. The highest BCUT2D eigenvalue weighted by Gasteiger charge is 2.18. The lowest BCUT2D eigenvalue weighted by atomic mass is 10.0. The summed E-state index contributed by atoms with van der Waals surface area (Å²) in [5.41, 5.74) is 0. The van der Waals surface area contributed by atoms with E-state index in [1.165, 1.54) is 19.5 Å². The first kappa shape index (κ1) is 7.03. The topological polar surface area (TPSA) is 24.1 Å². The van der Waals surface area contributed by atoms with E-state index < -0.39 is 0 Å². The Labute approximate surface area is 57.0 Å². The monoisotopic (exact) mass is 128 g/mol. The third kappa shape index (κ3) is 1.66. The van der Waals surface area contributed by atoms with Crippen molar-refractivity contribution in [1.29, 1.82) is 0 Å². The van der Waals surface area contributed by atoms with Crippen LogP contribution in [0.2, 0.25) is 0 Å². The van der Waals surface area contributed by atoms with Crippen molar-refractivity contribution >= 4 is 0 Å². The zero-order chi connectivity index (χ0) is 6.69. The summed E-state index contributed by atoms with van der Waals surface area (Å²) in [6.45, 7) is 4.65. The fraction of sp³-hybridized carbons (Fsp3) is 1.00. The Bertz CT molecular complexity index is 77.0. The fourth-order valence-corrected chi connectivity index (χ4v) is 1.34. The predicted molar refractivity (Wildman–Crippen MR) is 39.5 cm³/mol. The van der Waals surface area contributed by atoms with Crippen molar-refractivity contribution in [2.75, 3.05) is 20.1 Å². The van der Waals surface area contributed by atoms with Crippen LogP contribution >= 0.6 is 0 Å². The first-order valence-electron chi connectivity index (χ1n) is 3.72. The molecule has 0 aliphatic carbocycles. The van der Waals surface area contributed by atoms with Crippen molar-refractivity contribution in [3.8, 4) is 0 Å². The molecule has 0 aromatic carbocycles. The summed E-state index contributed by atoms with van der Waals surface area (Å²) in [5.74, 6) is 0.856. The Morgan fingerprint density at radius 1 is 1.67 bits per heavy atom. The van der Waals surface area contributed by atoms with E-state index in [9.17, 15) is 0 Å². The quantitative estimate of drug-likeness (QED) is 0.555. The molecule has 0 saturated carbocycles. The minimum Gasteiger partial charge on any atom is -0.317 e. The summed E-state index contributed by atoms with van der Waals surface area (Å²) in [6, 6.07) is 0.681. The Hall–Kier alpha value is -0.0800. The minimum atomic E-state index is 0.681. The molecule has 2 nitrogen and oxygen atoms in total. The summed E-state index contributed by atoms with van der Waals surface area (Å²) in [6.07, 6.45) is 1.34. The molecule has 0 unspecified atom stereocenters. The van der Waals surface area contributed by atoms with Crippen LogP contribution in [0.3, 0.4) is 0 Å². The molecule has 0 spiro atoms. The average Bonchev–Trinajstić information content (AvgIpc) is 2.37. The summed E-state index contributed by atoms with van der Waals surface area (Å²) in [5, 5.41) is 6.61. The largest absolute Gasteiger partial charge is 0.317 e. The van der Waals surface area contributed by atoms with Gasteiger partial charge in [0.05, 0.1) is 0 Å². The van der Waals surface area contributed by atoms with E-state index in [2.05, 4.69) is 17.6 Å². The highest BCUT2D eigenvalue weighted by molar-refractivity contribution is 4.78. The SMILES string of the molecule is CN[C@@H](C)[C@@H]1CCNC1. The van der Waals surface area contributed by atoms with E-state index in [-0.39, 0.29) is 0 Å². The van der Waals surface area contributed by atoms with Crippen LogP contribution in [-0.4, -0.2) is 26.2 Å². The molecule has 1 heterocycles. The minimum absolute atomic E-state index is 0.681. The van der Waals surface area contributed by atoms with Crippen LogP contribution in [-0.2, 0) is 0 Å². The lowest BCUT2D eigenvalue weighted by Gasteiger charge is -2.16. The van der Waals surface area contributed by atoms with Crippen molar-refractivity contribution in [3.63, 3.8) is 0 Å². The lowest BCUT2D eigenvalue weighted by Crippen LogP contribution is -2.31. The van der Waals surface area contributed by atoms with Gasteiger partial charge in [0, 0.05) is 6.04 Å². The normalized spacial score (nSPS) is 30.7. The van der Waals surface area contributed by atoms with Crippen molar-refractivity contribution in [3.05, 3.63) is 0 Å². The summed E-state index contributed by atoms with van der Waals surface area (Å²) < 4.78 is 0. The molecule has 1 aliphatic rings. The summed E-state index contributed by atoms with van der Waals surface area (Å²) in [4.78, 5) is 0. The second kappa shape index (κ2) is 3.18. The highest BCUT2D eigenvalue weighted by atomic mass is 14.9. The number of nitrogens with one attached hydrogen (secondary N) is 2. The van der Waals surface area contributed by atoms with Gasteiger partial charge in [-0.25, -0.2) is 0 Å². The molecule has 2 N–H and O–H groups in total. The van der Waals surface area contributed by atoms with Crippen LogP contribution in [0.4, 0.5) is 0 Å². The van der Waals surface area contributed by atoms with Crippen LogP contribution in [0.1, 0.15) is 13.3 Å². The van der Waals surface area contributed by atoms with Gasteiger partial charge < -0.3 is 10.6 Å². The van der Waals surface area contributed by atoms with E-state index in [0.29, 0.717) is 6.04 Å². The standard InChI is InChI=1S/C7H16N2/c1-6(8-2)7-3-4-9-5-7/h6-9H,3-5H2,1-2H3/t6-,7+/m0/s1. The number of rotatable bonds is 2. The molecular formula is C7H16N2. The summed E-state index contributed by atoms with van der Waals surface area (Å²) in [7, 11) is 2.03. The van der Waals surface area contributed by atoms with Crippen LogP contribution in [0.25, 0.3) is 0 Å². The van der Waals surface area contributed by atoms with Crippen molar-refractivity contribution < 1.29 is 0 Å². The second-order valence-electron chi connectivity index (χ2n) is 2.83. The molecule has 1 aliphatic heterocycles. The Balaban J connectivity index is 2.24.